The average Bonchev–Trinajstić information content (AvgIpc) is 3.07. The van der Waals surface area contributed by atoms with Gasteiger partial charge < -0.3 is 9.84 Å². The molecule has 0 saturated heterocycles. The molecule has 0 atom stereocenters. The summed E-state index contributed by atoms with van der Waals surface area (Å²) in [4.78, 5) is 16.7. The first-order chi connectivity index (χ1) is 12.4. The van der Waals surface area contributed by atoms with E-state index < -0.39 is 35.7 Å². The SMILES string of the molecule is BCOc1c(Cl)ccc(F)c1-c1c(O)c2scnc2n(CC(F)F)c1=O. The maximum absolute atomic E-state index is 14.6. The number of alkyl halides is 2. The van der Waals surface area contributed by atoms with Crippen LogP contribution in [-0.2, 0) is 6.54 Å². The van der Waals surface area contributed by atoms with Gasteiger partial charge in [-0.2, -0.15) is 0 Å². The fraction of sp³-hybridized carbons (Fsp3) is 0.200. The van der Waals surface area contributed by atoms with Gasteiger partial charge in [0.2, 0.25) is 0 Å². The molecule has 26 heavy (non-hydrogen) atoms. The van der Waals surface area contributed by atoms with Crippen LogP contribution in [0.5, 0.6) is 11.5 Å². The van der Waals surface area contributed by atoms with Crippen molar-refractivity contribution < 1.29 is 23.0 Å². The molecule has 0 aliphatic rings. The van der Waals surface area contributed by atoms with Gasteiger partial charge in [-0.05, 0) is 12.1 Å². The molecule has 0 unspecified atom stereocenters. The van der Waals surface area contributed by atoms with E-state index in [1.807, 2.05) is 0 Å². The zero-order valence-corrected chi connectivity index (χ0v) is 14.9. The Labute approximate surface area is 155 Å². The van der Waals surface area contributed by atoms with Gasteiger partial charge in [-0.1, -0.05) is 11.6 Å². The predicted molar refractivity (Wildman–Crippen MR) is 96.0 cm³/mol. The standard InChI is InChI=1S/C15H11BClF3N2O3S/c16-4-25-12-6(17)1-2-7(18)9(12)10-11(23)13-14(21-5-26-13)22(15(10)24)3-8(19)20/h1-2,5,8,23H,3-4,16H2. The van der Waals surface area contributed by atoms with Crippen LogP contribution in [0.4, 0.5) is 13.2 Å². The number of fused-ring (bicyclic) bond motifs is 1. The lowest BCUT2D eigenvalue weighted by atomic mass is 10.0. The topological polar surface area (TPSA) is 64.3 Å². The maximum Gasteiger partial charge on any atom is 0.264 e. The minimum Gasteiger partial charge on any atom is -0.505 e. The number of halogens is 4. The first-order valence-electron chi connectivity index (χ1n) is 7.45. The first-order valence-corrected chi connectivity index (χ1v) is 8.70. The second-order valence-corrected chi connectivity index (χ2v) is 6.46. The molecule has 1 aromatic carbocycles. The molecule has 0 fully saturated rings. The Hall–Kier alpha value is -2.20. The molecule has 5 nitrogen and oxygen atoms in total. The van der Waals surface area contributed by atoms with Gasteiger partial charge in [0.1, 0.15) is 22.0 Å². The van der Waals surface area contributed by atoms with Gasteiger partial charge in [0.15, 0.2) is 13.5 Å². The normalized spacial score (nSPS) is 11.4. The Morgan fingerprint density at radius 2 is 2.12 bits per heavy atom. The maximum atomic E-state index is 14.6. The third kappa shape index (κ3) is 3.03. The second kappa shape index (κ2) is 7.20. The molecule has 2 heterocycles. The largest absolute Gasteiger partial charge is 0.505 e. The van der Waals surface area contributed by atoms with Gasteiger partial charge >= 0.3 is 0 Å². The van der Waals surface area contributed by atoms with Crippen molar-refractivity contribution >= 4 is 41.1 Å². The number of hydrogen-bond donors (Lipinski definition) is 1. The van der Waals surface area contributed by atoms with Crippen LogP contribution in [0.25, 0.3) is 21.5 Å². The predicted octanol–water partition coefficient (Wildman–Crippen LogP) is 2.86. The van der Waals surface area contributed by atoms with Crippen molar-refractivity contribution in [3.8, 4) is 22.6 Å². The number of ether oxygens (including phenoxy) is 1. The van der Waals surface area contributed by atoms with Crippen molar-refractivity contribution in [1.82, 2.24) is 9.55 Å². The molecule has 0 spiro atoms. The van der Waals surface area contributed by atoms with Gasteiger partial charge in [-0.3, -0.25) is 9.36 Å². The molecule has 0 amide bonds. The summed E-state index contributed by atoms with van der Waals surface area (Å²) in [5.74, 6) is -1.58. The monoisotopic (exact) mass is 402 g/mol. The highest BCUT2D eigenvalue weighted by molar-refractivity contribution is 7.17. The summed E-state index contributed by atoms with van der Waals surface area (Å²) in [5.41, 5.74) is -0.677. The highest BCUT2D eigenvalue weighted by Gasteiger charge is 2.27. The Bertz CT molecular complexity index is 1040. The van der Waals surface area contributed by atoms with E-state index in [4.69, 9.17) is 16.3 Å². The van der Waals surface area contributed by atoms with E-state index in [1.165, 1.54) is 11.6 Å². The summed E-state index contributed by atoms with van der Waals surface area (Å²) >= 11 is 6.98. The summed E-state index contributed by atoms with van der Waals surface area (Å²) in [6.45, 7) is -0.830. The lowest BCUT2D eigenvalue weighted by Gasteiger charge is -2.16. The molecule has 136 valence electrons. The van der Waals surface area contributed by atoms with Crippen LogP contribution in [0.15, 0.2) is 22.4 Å². The molecule has 0 saturated carbocycles. The smallest absolute Gasteiger partial charge is 0.264 e. The second-order valence-electron chi connectivity index (χ2n) is 5.20. The van der Waals surface area contributed by atoms with Crippen LogP contribution in [0.3, 0.4) is 0 Å². The lowest BCUT2D eigenvalue weighted by Crippen LogP contribution is -2.26. The van der Waals surface area contributed by atoms with Crippen LogP contribution in [-0.4, -0.2) is 35.4 Å². The fourth-order valence-corrected chi connectivity index (χ4v) is 3.58. The number of hydrogen-bond acceptors (Lipinski definition) is 5. The van der Waals surface area contributed by atoms with Crippen LogP contribution in [0, 0.1) is 5.82 Å². The van der Waals surface area contributed by atoms with E-state index in [2.05, 4.69) is 4.98 Å². The fourth-order valence-electron chi connectivity index (χ4n) is 2.62. The van der Waals surface area contributed by atoms with E-state index >= 15 is 0 Å². The molecule has 0 radical (unpaired) electrons. The lowest BCUT2D eigenvalue weighted by molar-refractivity contribution is 0.126. The quantitative estimate of drug-likeness (QED) is 0.667. The third-order valence-electron chi connectivity index (χ3n) is 3.63. The van der Waals surface area contributed by atoms with Crippen molar-refractivity contribution in [2.75, 3.05) is 6.51 Å². The first kappa shape index (κ1) is 18.6. The minimum absolute atomic E-state index is 0.0202. The Balaban J connectivity index is 2.44. The van der Waals surface area contributed by atoms with Gasteiger partial charge in [0.05, 0.1) is 34.7 Å². The van der Waals surface area contributed by atoms with Crippen molar-refractivity contribution in [1.29, 1.82) is 0 Å². The average molecular weight is 403 g/mol. The molecular formula is C15H11BClF3N2O3S. The zero-order valence-electron chi connectivity index (χ0n) is 13.3. The minimum atomic E-state index is -2.84. The van der Waals surface area contributed by atoms with Gasteiger partial charge in [0, 0.05) is 0 Å². The number of thiazole rings is 1. The van der Waals surface area contributed by atoms with Crippen molar-refractivity contribution in [2.45, 2.75) is 13.0 Å². The van der Waals surface area contributed by atoms with E-state index in [0.29, 0.717) is 4.57 Å². The molecule has 3 aromatic rings. The highest BCUT2D eigenvalue weighted by Crippen LogP contribution is 2.43. The Kier molecular flexibility index (Phi) is 5.15. The zero-order chi connectivity index (χ0) is 19.0. The molecule has 0 aliphatic heterocycles. The molecule has 2 aromatic heterocycles. The van der Waals surface area contributed by atoms with Crippen LogP contribution >= 0.6 is 22.9 Å². The van der Waals surface area contributed by atoms with Gasteiger partial charge in [0.25, 0.3) is 12.0 Å². The van der Waals surface area contributed by atoms with Crippen LogP contribution < -0.4 is 10.3 Å². The number of benzene rings is 1. The van der Waals surface area contributed by atoms with E-state index in [1.54, 1.807) is 7.85 Å². The number of rotatable bonds is 5. The molecule has 11 heteroatoms. The molecule has 3 rings (SSSR count). The summed E-state index contributed by atoms with van der Waals surface area (Å²) in [7, 11) is 1.63. The van der Waals surface area contributed by atoms with E-state index in [9.17, 15) is 23.1 Å². The Morgan fingerprint density at radius 3 is 2.77 bits per heavy atom. The summed E-state index contributed by atoms with van der Waals surface area (Å²) in [6.07, 6.45) is -2.84. The summed E-state index contributed by atoms with van der Waals surface area (Å²) in [6, 6.07) is 2.25. The van der Waals surface area contributed by atoms with Gasteiger partial charge in [-0.25, -0.2) is 18.2 Å². The molecule has 1 N–H and O–H groups in total. The summed E-state index contributed by atoms with van der Waals surface area (Å²) in [5, 5.41) is 10.6. The number of pyridine rings is 1. The highest BCUT2D eigenvalue weighted by atomic mass is 35.5. The number of aromatic nitrogens is 2. The molecule has 0 bridgehead atoms. The van der Waals surface area contributed by atoms with Crippen molar-refractivity contribution in [3.05, 3.63) is 38.8 Å². The van der Waals surface area contributed by atoms with Crippen molar-refractivity contribution in [3.63, 3.8) is 0 Å². The van der Waals surface area contributed by atoms with Crippen LogP contribution in [0.2, 0.25) is 5.02 Å². The number of nitrogens with zero attached hydrogens (tertiary/aromatic N) is 2. The van der Waals surface area contributed by atoms with E-state index in [-0.39, 0.29) is 33.2 Å². The molecular weight excluding hydrogens is 392 g/mol. The third-order valence-corrected chi connectivity index (χ3v) is 4.75. The summed E-state index contributed by atoms with van der Waals surface area (Å²) < 4.78 is 46.6. The van der Waals surface area contributed by atoms with Crippen LogP contribution in [0.1, 0.15) is 0 Å². The van der Waals surface area contributed by atoms with Crippen molar-refractivity contribution in [2.24, 2.45) is 0 Å². The number of aromatic hydroxyl groups is 1. The molecule has 0 aliphatic carbocycles. The van der Waals surface area contributed by atoms with E-state index in [0.717, 1.165) is 17.4 Å². The van der Waals surface area contributed by atoms with Gasteiger partial charge in [-0.15, -0.1) is 11.3 Å². The Morgan fingerprint density at radius 1 is 1.38 bits per heavy atom.